The summed E-state index contributed by atoms with van der Waals surface area (Å²) in [6, 6.07) is 18.7. The minimum Gasteiger partial charge on any atom is -0.393 e. The van der Waals surface area contributed by atoms with Crippen LogP contribution in [0.3, 0.4) is 0 Å². The number of aromatic nitrogens is 2. The highest BCUT2D eigenvalue weighted by atomic mass is 15.3. The second kappa shape index (κ2) is 8.17. The van der Waals surface area contributed by atoms with Crippen molar-refractivity contribution in [3.8, 4) is 0 Å². The maximum Gasteiger partial charge on any atom is 0.159 e. The molecule has 0 bridgehead atoms. The summed E-state index contributed by atoms with van der Waals surface area (Å²) in [5.74, 6) is 1.47. The van der Waals surface area contributed by atoms with Crippen LogP contribution in [0.25, 0.3) is 0 Å². The molecule has 0 aliphatic carbocycles. The summed E-state index contributed by atoms with van der Waals surface area (Å²) >= 11 is 0. The molecule has 0 unspecified atom stereocenters. The van der Waals surface area contributed by atoms with Gasteiger partial charge in [0.15, 0.2) is 11.6 Å². The van der Waals surface area contributed by atoms with Crippen molar-refractivity contribution in [2.45, 2.75) is 13.3 Å². The van der Waals surface area contributed by atoms with Gasteiger partial charge >= 0.3 is 0 Å². The summed E-state index contributed by atoms with van der Waals surface area (Å²) in [5.41, 5.74) is 10.6. The lowest BCUT2D eigenvalue weighted by Crippen LogP contribution is -2.47. The summed E-state index contributed by atoms with van der Waals surface area (Å²) in [4.78, 5) is 13.5. The van der Waals surface area contributed by atoms with E-state index < -0.39 is 0 Å². The molecule has 6 nitrogen and oxygen atoms in total. The lowest BCUT2D eigenvalue weighted by atomic mass is 10.1. The van der Waals surface area contributed by atoms with Crippen LogP contribution in [0.5, 0.6) is 0 Å². The van der Waals surface area contributed by atoms with E-state index in [-0.39, 0.29) is 0 Å². The molecule has 4 rings (SSSR count). The molecule has 1 aliphatic heterocycles. The summed E-state index contributed by atoms with van der Waals surface area (Å²) in [6.07, 6.45) is 2.54. The van der Waals surface area contributed by atoms with Crippen molar-refractivity contribution < 1.29 is 0 Å². The molecule has 3 aromatic rings. The zero-order valence-corrected chi connectivity index (χ0v) is 16.2. The van der Waals surface area contributed by atoms with Gasteiger partial charge < -0.3 is 20.9 Å². The summed E-state index contributed by atoms with van der Waals surface area (Å²) in [6.45, 7) is 5.77. The Morgan fingerprint density at radius 3 is 2.32 bits per heavy atom. The SMILES string of the molecule is CCc1ccccc1Nc1ncnc(N2CCN(c3ccccc3)CC2)c1N. The van der Waals surface area contributed by atoms with Gasteiger partial charge in [0.2, 0.25) is 0 Å². The van der Waals surface area contributed by atoms with Gasteiger partial charge in [-0.2, -0.15) is 0 Å². The summed E-state index contributed by atoms with van der Waals surface area (Å²) in [7, 11) is 0. The smallest absolute Gasteiger partial charge is 0.159 e. The Kier molecular flexibility index (Phi) is 5.28. The topological polar surface area (TPSA) is 70.3 Å². The fourth-order valence-electron chi connectivity index (χ4n) is 3.63. The van der Waals surface area contributed by atoms with E-state index >= 15 is 0 Å². The maximum atomic E-state index is 6.46. The Morgan fingerprint density at radius 1 is 0.893 bits per heavy atom. The van der Waals surface area contributed by atoms with E-state index in [1.165, 1.54) is 11.3 Å². The van der Waals surface area contributed by atoms with E-state index in [9.17, 15) is 0 Å². The van der Waals surface area contributed by atoms with Gasteiger partial charge in [-0.15, -0.1) is 0 Å². The number of piperazine rings is 1. The third-order valence-electron chi connectivity index (χ3n) is 5.21. The number of hydrogen-bond acceptors (Lipinski definition) is 6. The van der Waals surface area contributed by atoms with Crippen LogP contribution in [0.4, 0.5) is 28.7 Å². The van der Waals surface area contributed by atoms with Crippen molar-refractivity contribution in [2.75, 3.05) is 47.0 Å². The van der Waals surface area contributed by atoms with Crippen LogP contribution in [0.2, 0.25) is 0 Å². The fourth-order valence-corrected chi connectivity index (χ4v) is 3.63. The third-order valence-corrected chi connectivity index (χ3v) is 5.21. The molecule has 2 aromatic carbocycles. The van der Waals surface area contributed by atoms with Crippen molar-refractivity contribution in [1.29, 1.82) is 0 Å². The molecule has 3 N–H and O–H groups in total. The highest BCUT2D eigenvalue weighted by Gasteiger charge is 2.21. The van der Waals surface area contributed by atoms with Crippen LogP contribution < -0.4 is 20.9 Å². The Morgan fingerprint density at radius 2 is 1.57 bits per heavy atom. The molecule has 0 saturated carbocycles. The van der Waals surface area contributed by atoms with Crippen LogP contribution in [0.15, 0.2) is 60.9 Å². The first-order chi connectivity index (χ1) is 13.8. The van der Waals surface area contributed by atoms with E-state index in [1.54, 1.807) is 6.33 Å². The molecule has 1 saturated heterocycles. The number of aryl methyl sites for hydroxylation is 1. The quantitative estimate of drug-likeness (QED) is 0.710. The Hall–Kier alpha value is -3.28. The van der Waals surface area contributed by atoms with Crippen LogP contribution in [-0.2, 0) is 6.42 Å². The highest BCUT2D eigenvalue weighted by Crippen LogP contribution is 2.30. The normalized spacial score (nSPS) is 14.2. The molecule has 28 heavy (non-hydrogen) atoms. The van der Waals surface area contributed by atoms with Crippen LogP contribution >= 0.6 is 0 Å². The molecule has 2 heterocycles. The van der Waals surface area contributed by atoms with Gasteiger partial charge in [-0.1, -0.05) is 43.3 Å². The van der Waals surface area contributed by atoms with Crippen molar-refractivity contribution in [3.05, 3.63) is 66.5 Å². The minimum absolute atomic E-state index is 0.599. The van der Waals surface area contributed by atoms with Gasteiger partial charge in [0.05, 0.1) is 0 Å². The monoisotopic (exact) mass is 374 g/mol. The van der Waals surface area contributed by atoms with E-state index in [0.717, 1.165) is 44.1 Å². The molecular formula is C22H26N6. The van der Waals surface area contributed by atoms with Gasteiger partial charge in [0, 0.05) is 37.6 Å². The van der Waals surface area contributed by atoms with Crippen molar-refractivity contribution >= 4 is 28.7 Å². The number of para-hydroxylation sites is 2. The van der Waals surface area contributed by atoms with Gasteiger partial charge in [-0.3, -0.25) is 0 Å². The lowest BCUT2D eigenvalue weighted by molar-refractivity contribution is 0.647. The molecule has 1 aliphatic rings. The van der Waals surface area contributed by atoms with Crippen molar-refractivity contribution in [2.24, 2.45) is 0 Å². The van der Waals surface area contributed by atoms with Gasteiger partial charge in [-0.25, -0.2) is 9.97 Å². The molecule has 1 fully saturated rings. The molecule has 0 atom stereocenters. The molecule has 0 spiro atoms. The molecular weight excluding hydrogens is 348 g/mol. The van der Waals surface area contributed by atoms with E-state index in [0.29, 0.717) is 11.5 Å². The number of nitrogens with one attached hydrogen (secondary N) is 1. The second-order valence-electron chi connectivity index (χ2n) is 6.90. The van der Waals surface area contributed by atoms with Gasteiger partial charge in [-0.05, 0) is 30.2 Å². The lowest BCUT2D eigenvalue weighted by Gasteiger charge is -2.37. The molecule has 0 amide bonds. The van der Waals surface area contributed by atoms with Gasteiger partial charge in [0.1, 0.15) is 12.0 Å². The Bertz CT molecular complexity index is 919. The van der Waals surface area contributed by atoms with Crippen LogP contribution in [0, 0.1) is 0 Å². The van der Waals surface area contributed by atoms with E-state index in [2.05, 4.69) is 68.4 Å². The largest absolute Gasteiger partial charge is 0.393 e. The molecule has 0 radical (unpaired) electrons. The first-order valence-corrected chi connectivity index (χ1v) is 9.76. The van der Waals surface area contributed by atoms with Gasteiger partial charge in [0.25, 0.3) is 0 Å². The molecule has 6 heteroatoms. The summed E-state index contributed by atoms with van der Waals surface area (Å²) < 4.78 is 0. The maximum absolute atomic E-state index is 6.46. The average Bonchev–Trinajstić information content (AvgIpc) is 2.76. The van der Waals surface area contributed by atoms with Crippen LogP contribution in [0.1, 0.15) is 12.5 Å². The average molecular weight is 374 g/mol. The fraction of sp³-hybridized carbons (Fsp3) is 0.273. The minimum atomic E-state index is 0.599. The zero-order chi connectivity index (χ0) is 19.3. The predicted molar refractivity (Wildman–Crippen MR) is 116 cm³/mol. The number of anilines is 5. The third kappa shape index (κ3) is 3.71. The Labute approximate surface area is 166 Å². The molecule has 144 valence electrons. The number of benzene rings is 2. The number of nitrogens with zero attached hydrogens (tertiary/aromatic N) is 4. The second-order valence-corrected chi connectivity index (χ2v) is 6.90. The van der Waals surface area contributed by atoms with E-state index in [4.69, 9.17) is 5.73 Å². The molecule has 1 aromatic heterocycles. The van der Waals surface area contributed by atoms with Crippen LogP contribution in [-0.4, -0.2) is 36.1 Å². The number of rotatable bonds is 5. The summed E-state index contributed by atoms with van der Waals surface area (Å²) in [5, 5.41) is 3.39. The number of hydrogen-bond donors (Lipinski definition) is 2. The zero-order valence-electron chi connectivity index (χ0n) is 16.2. The predicted octanol–water partition coefficient (Wildman–Crippen LogP) is 3.69. The first-order valence-electron chi connectivity index (χ1n) is 9.76. The number of nitrogen functional groups attached to an aromatic ring is 1. The van der Waals surface area contributed by atoms with Crippen molar-refractivity contribution in [3.63, 3.8) is 0 Å². The number of nitrogens with two attached hydrogens (primary N) is 1. The standard InChI is InChI=1S/C22H26N6/c1-2-17-8-6-7-11-19(17)26-21-20(23)22(25-16-24-21)28-14-12-27(13-15-28)18-9-4-3-5-10-18/h3-11,16H,2,12-15,23H2,1H3,(H,24,25,26). The van der Waals surface area contributed by atoms with Crippen molar-refractivity contribution in [1.82, 2.24) is 9.97 Å². The first kappa shape index (κ1) is 18.1. The Balaban J connectivity index is 1.50. The highest BCUT2D eigenvalue weighted by molar-refractivity contribution is 5.79. The van der Waals surface area contributed by atoms with E-state index in [1.807, 2.05) is 18.2 Å².